The van der Waals surface area contributed by atoms with E-state index < -0.39 is 23.8 Å². The number of aliphatic hydroxyl groups excluding tert-OH is 1. The Bertz CT molecular complexity index is 665. The number of fused-ring (bicyclic) bond motifs is 2. The molecule has 2 bridgehead atoms. The van der Waals surface area contributed by atoms with Crippen LogP contribution in [0.25, 0.3) is 0 Å². The first-order chi connectivity index (χ1) is 11.2. The van der Waals surface area contributed by atoms with Crippen molar-refractivity contribution in [1.29, 1.82) is 0 Å². The second kappa shape index (κ2) is 5.47. The average Bonchev–Trinajstić information content (AvgIpc) is 3.12. The molecule has 132 valence electrons. The Morgan fingerprint density at radius 3 is 2.75 bits per heavy atom. The zero-order valence-corrected chi connectivity index (χ0v) is 14.5. The Kier molecular flexibility index (Phi) is 3.82. The SMILES string of the molecule is Cn1ccc(CN2C(=O)[C@]3(CO)C[C@H]2CN3C(=O)OC(C)(C)C)n1. The van der Waals surface area contributed by atoms with E-state index in [4.69, 9.17) is 4.74 Å². The van der Waals surface area contributed by atoms with Crippen molar-refractivity contribution in [3.8, 4) is 0 Å². The minimum absolute atomic E-state index is 0.126. The van der Waals surface area contributed by atoms with E-state index in [-0.39, 0.29) is 11.9 Å². The number of hydrogen-bond acceptors (Lipinski definition) is 5. The van der Waals surface area contributed by atoms with Crippen molar-refractivity contribution in [2.45, 2.75) is 50.9 Å². The normalized spacial score (nSPS) is 26.4. The number of carbonyl (C=O) groups excluding carboxylic acids is 2. The Balaban J connectivity index is 1.79. The van der Waals surface area contributed by atoms with Crippen LogP contribution >= 0.6 is 0 Å². The first-order valence-electron chi connectivity index (χ1n) is 8.07. The molecule has 2 fully saturated rings. The minimum Gasteiger partial charge on any atom is -0.444 e. The van der Waals surface area contributed by atoms with Gasteiger partial charge in [0, 0.05) is 26.2 Å². The van der Waals surface area contributed by atoms with Crippen molar-refractivity contribution in [3.05, 3.63) is 18.0 Å². The van der Waals surface area contributed by atoms with Gasteiger partial charge in [0.25, 0.3) is 5.91 Å². The third-order valence-corrected chi connectivity index (χ3v) is 4.56. The van der Waals surface area contributed by atoms with Crippen LogP contribution in [0.3, 0.4) is 0 Å². The van der Waals surface area contributed by atoms with Gasteiger partial charge in [-0.2, -0.15) is 5.10 Å². The van der Waals surface area contributed by atoms with Gasteiger partial charge in [-0.1, -0.05) is 0 Å². The lowest BCUT2D eigenvalue weighted by Gasteiger charge is -2.40. The zero-order chi connectivity index (χ0) is 17.7. The molecule has 3 rings (SSSR count). The predicted molar refractivity (Wildman–Crippen MR) is 84.9 cm³/mol. The summed E-state index contributed by atoms with van der Waals surface area (Å²) >= 11 is 0. The molecule has 3 heterocycles. The largest absolute Gasteiger partial charge is 0.444 e. The Morgan fingerprint density at radius 2 is 2.21 bits per heavy atom. The van der Waals surface area contributed by atoms with Crippen molar-refractivity contribution >= 4 is 12.0 Å². The van der Waals surface area contributed by atoms with Crippen LogP contribution in [0.2, 0.25) is 0 Å². The summed E-state index contributed by atoms with van der Waals surface area (Å²) in [5.41, 5.74) is -1.07. The minimum atomic E-state index is -1.21. The molecule has 0 aromatic carbocycles. The van der Waals surface area contributed by atoms with Crippen LogP contribution in [0.1, 0.15) is 32.9 Å². The molecule has 24 heavy (non-hydrogen) atoms. The highest BCUT2D eigenvalue weighted by Crippen LogP contribution is 2.42. The summed E-state index contributed by atoms with van der Waals surface area (Å²) in [6.45, 7) is 5.68. The van der Waals surface area contributed by atoms with Crippen molar-refractivity contribution < 1.29 is 19.4 Å². The van der Waals surface area contributed by atoms with Gasteiger partial charge in [0.05, 0.1) is 24.9 Å². The highest BCUT2D eigenvalue weighted by molar-refractivity contribution is 5.94. The first-order valence-corrected chi connectivity index (χ1v) is 8.07. The maximum Gasteiger partial charge on any atom is 0.411 e. The molecule has 2 amide bonds. The van der Waals surface area contributed by atoms with E-state index in [9.17, 15) is 14.7 Å². The van der Waals surface area contributed by atoms with Gasteiger partial charge in [-0.05, 0) is 26.8 Å². The molecule has 8 nitrogen and oxygen atoms in total. The molecule has 1 aromatic heterocycles. The van der Waals surface area contributed by atoms with E-state index in [2.05, 4.69) is 5.10 Å². The van der Waals surface area contributed by atoms with E-state index in [1.807, 2.05) is 19.3 Å². The number of piperazine rings is 1. The molecule has 2 atom stereocenters. The number of aliphatic hydroxyl groups is 1. The van der Waals surface area contributed by atoms with Gasteiger partial charge in [0.2, 0.25) is 0 Å². The molecule has 2 aliphatic heterocycles. The summed E-state index contributed by atoms with van der Waals surface area (Å²) in [4.78, 5) is 28.4. The van der Waals surface area contributed by atoms with Crippen LogP contribution in [0, 0.1) is 0 Å². The smallest absolute Gasteiger partial charge is 0.411 e. The molecular formula is C16H24N4O4. The molecule has 0 saturated carbocycles. The fourth-order valence-corrected chi connectivity index (χ4v) is 3.50. The molecule has 0 radical (unpaired) electrons. The Hall–Kier alpha value is -2.09. The maximum absolute atomic E-state index is 12.9. The molecule has 0 unspecified atom stereocenters. The lowest BCUT2D eigenvalue weighted by atomic mass is 9.99. The van der Waals surface area contributed by atoms with Crippen molar-refractivity contribution in [2.75, 3.05) is 13.2 Å². The van der Waals surface area contributed by atoms with Crippen LogP contribution in [-0.4, -0.2) is 67.0 Å². The van der Waals surface area contributed by atoms with Crippen LogP contribution in [0.4, 0.5) is 4.79 Å². The Labute approximate surface area is 141 Å². The maximum atomic E-state index is 12.9. The summed E-state index contributed by atoms with van der Waals surface area (Å²) < 4.78 is 7.08. The third kappa shape index (κ3) is 2.64. The lowest BCUT2D eigenvalue weighted by Crippen LogP contribution is -2.62. The summed E-state index contributed by atoms with van der Waals surface area (Å²) in [6, 6.07) is 1.73. The lowest BCUT2D eigenvalue weighted by molar-refractivity contribution is -0.145. The van der Waals surface area contributed by atoms with Gasteiger partial charge >= 0.3 is 6.09 Å². The molecule has 0 spiro atoms. The van der Waals surface area contributed by atoms with Gasteiger partial charge in [0.1, 0.15) is 11.1 Å². The number of likely N-dealkylation sites (tertiary alicyclic amines) is 2. The third-order valence-electron chi connectivity index (χ3n) is 4.56. The first kappa shape index (κ1) is 16.8. The number of hydrogen-bond donors (Lipinski definition) is 1. The van der Waals surface area contributed by atoms with Crippen molar-refractivity contribution in [3.63, 3.8) is 0 Å². The Morgan fingerprint density at radius 1 is 1.50 bits per heavy atom. The van der Waals surface area contributed by atoms with Gasteiger partial charge in [0.15, 0.2) is 0 Å². The average molecular weight is 336 g/mol. The number of rotatable bonds is 3. The van der Waals surface area contributed by atoms with E-state index in [0.717, 1.165) is 5.69 Å². The molecule has 0 aliphatic carbocycles. The van der Waals surface area contributed by atoms with Crippen LogP contribution in [-0.2, 0) is 23.1 Å². The number of carbonyl (C=O) groups is 2. The highest BCUT2D eigenvalue weighted by Gasteiger charge is 2.63. The van der Waals surface area contributed by atoms with E-state index in [1.165, 1.54) is 4.90 Å². The topological polar surface area (TPSA) is 87.9 Å². The molecule has 1 aromatic rings. The summed E-state index contributed by atoms with van der Waals surface area (Å²) in [5.74, 6) is -0.238. The van der Waals surface area contributed by atoms with Crippen LogP contribution in [0.15, 0.2) is 12.3 Å². The van der Waals surface area contributed by atoms with E-state index in [1.54, 1.807) is 30.4 Å². The fourth-order valence-electron chi connectivity index (χ4n) is 3.50. The van der Waals surface area contributed by atoms with Gasteiger partial charge < -0.3 is 14.7 Å². The fraction of sp³-hybridized carbons (Fsp3) is 0.688. The number of aryl methyl sites for hydroxylation is 1. The van der Waals surface area contributed by atoms with E-state index in [0.29, 0.717) is 19.5 Å². The number of aromatic nitrogens is 2. The van der Waals surface area contributed by atoms with Crippen LogP contribution < -0.4 is 0 Å². The van der Waals surface area contributed by atoms with Crippen LogP contribution in [0.5, 0.6) is 0 Å². The molecule has 2 aliphatic rings. The van der Waals surface area contributed by atoms with Gasteiger partial charge in [-0.3, -0.25) is 14.4 Å². The quantitative estimate of drug-likeness (QED) is 0.868. The van der Waals surface area contributed by atoms with Gasteiger partial charge in [-0.25, -0.2) is 4.79 Å². The molecule has 8 heteroatoms. The summed E-state index contributed by atoms with van der Waals surface area (Å²) in [6.07, 6.45) is 1.70. The number of ether oxygens (including phenoxy) is 1. The predicted octanol–water partition coefficient (Wildman–Crippen LogP) is 0.503. The van der Waals surface area contributed by atoms with Crippen molar-refractivity contribution in [1.82, 2.24) is 19.6 Å². The second-order valence-electron chi connectivity index (χ2n) is 7.55. The standard InChI is InChI=1S/C16H24N4O4/c1-15(2,3)24-14(23)20-9-12-7-16(20,10-21)13(22)19(12)8-11-5-6-18(4)17-11/h5-6,12,21H,7-10H2,1-4H3/t12-,16+/m0/s1. The molecule has 2 saturated heterocycles. The number of amides is 2. The number of nitrogens with zero attached hydrogens (tertiary/aromatic N) is 4. The van der Waals surface area contributed by atoms with E-state index >= 15 is 0 Å². The second-order valence-corrected chi connectivity index (χ2v) is 7.55. The van der Waals surface area contributed by atoms with Crippen molar-refractivity contribution in [2.24, 2.45) is 7.05 Å². The van der Waals surface area contributed by atoms with Gasteiger partial charge in [-0.15, -0.1) is 0 Å². The monoisotopic (exact) mass is 336 g/mol. The highest BCUT2D eigenvalue weighted by atomic mass is 16.6. The molecular weight excluding hydrogens is 312 g/mol. The zero-order valence-electron chi connectivity index (χ0n) is 14.5. The molecule has 1 N–H and O–H groups in total. The summed E-state index contributed by atoms with van der Waals surface area (Å²) in [5, 5.41) is 14.2. The summed E-state index contributed by atoms with van der Waals surface area (Å²) in [7, 11) is 1.82.